The second-order valence-corrected chi connectivity index (χ2v) is 8.63. The maximum atomic E-state index is 12.9. The van der Waals surface area contributed by atoms with Crippen LogP contribution in [-0.4, -0.2) is 32.4 Å². The Bertz CT molecular complexity index is 638. The van der Waals surface area contributed by atoms with E-state index in [-0.39, 0.29) is 14.9 Å². The van der Waals surface area contributed by atoms with Crippen LogP contribution in [0.1, 0.15) is 27.2 Å². The van der Waals surface area contributed by atoms with E-state index in [1.165, 1.54) is 16.4 Å². The molecule has 0 aromatic heterocycles. The highest BCUT2D eigenvalue weighted by Crippen LogP contribution is 2.36. The Morgan fingerprint density at radius 1 is 1.18 bits per heavy atom. The molecule has 1 aliphatic heterocycles. The first-order chi connectivity index (χ1) is 10.3. The normalized spacial score (nSPS) is 23.5. The molecular formula is C15H21Cl2NO3S. The fraction of sp³-hybridized carbons (Fsp3) is 0.600. The molecule has 124 valence electrons. The average Bonchev–Trinajstić information content (AvgIpc) is 2.41. The number of benzene rings is 1. The zero-order valence-corrected chi connectivity index (χ0v) is 15.3. The maximum Gasteiger partial charge on any atom is 0.244 e. The van der Waals surface area contributed by atoms with Crippen LogP contribution in [0.3, 0.4) is 0 Å². The van der Waals surface area contributed by atoms with Crippen molar-refractivity contribution in [1.82, 2.24) is 4.31 Å². The summed E-state index contributed by atoms with van der Waals surface area (Å²) in [5, 5.41) is 0.390. The van der Waals surface area contributed by atoms with Gasteiger partial charge in [0.2, 0.25) is 10.0 Å². The molecule has 1 heterocycles. The lowest BCUT2D eigenvalue weighted by molar-refractivity contribution is 0.222. The molecule has 0 saturated carbocycles. The molecule has 0 radical (unpaired) electrons. The largest absolute Gasteiger partial charge is 0.492 e. The van der Waals surface area contributed by atoms with E-state index in [4.69, 9.17) is 27.9 Å². The van der Waals surface area contributed by atoms with Crippen LogP contribution in [0.5, 0.6) is 5.75 Å². The molecule has 4 nitrogen and oxygen atoms in total. The molecule has 2 rings (SSSR count). The van der Waals surface area contributed by atoms with Gasteiger partial charge in [0.1, 0.15) is 10.6 Å². The summed E-state index contributed by atoms with van der Waals surface area (Å²) in [5.74, 6) is 1.06. The monoisotopic (exact) mass is 365 g/mol. The van der Waals surface area contributed by atoms with Crippen molar-refractivity contribution in [2.24, 2.45) is 11.8 Å². The topological polar surface area (TPSA) is 46.6 Å². The summed E-state index contributed by atoms with van der Waals surface area (Å²) in [6, 6.07) is 2.85. The maximum absolute atomic E-state index is 12.9. The van der Waals surface area contributed by atoms with Gasteiger partial charge >= 0.3 is 0 Å². The van der Waals surface area contributed by atoms with Crippen molar-refractivity contribution in [2.45, 2.75) is 32.1 Å². The van der Waals surface area contributed by atoms with Gasteiger partial charge in [-0.25, -0.2) is 8.42 Å². The van der Waals surface area contributed by atoms with E-state index < -0.39 is 10.0 Å². The Hall–Kier alpha value is -0.490. The summed E-state index contributed by atoms with van der Waals surface area (Å²) < 4.78 is 32.6. The fourth-order valence-electron chi connectivity index (χ4n) is 2.92. The SMILES string of the molecule is CCOc1cc(Cl)c(S(=O)(=O)N2C[C@@H](C)C[C@H](C)C2)cc1Cl. The standard InChI is InChI=1S/C15H21Cl2NO3S/c1-4-21-14-6-13(17)15(7-12(14)16)22(19,20)18-8-10(2)5-11(3)9-18/h6-7,10-11H,4-5,8-9H2,1-3H3/t10-,11-/m0/s1. The van der Waals surface area contributed by atoms with Crippen LogP contribution in [0.2, 0.25) is 10.0 Å². The summed E-state index contributed by atoms with van der Waals surface area (Å²) in [4.78, 5) is 0.0453. The molecule has 0 amide bonds. The molecule has 0 unspecified atom stereocenters. The van der Waals surface area contributed by atoms with Crippen molar-refractivity contribution in [1.29, 1.82) is 0 Å². The summed E-state index contributed by atoms with van der Waals surface area (Å²) in [5.41, 5.74) is 0. The molecule has 1 saturated heterocycles. The van der Waals surface area contributed by atoms with Gasteiger partial charge in [-0.2, -0.15) is 4.31 Å². The molecule has 1 aromatic carbocycles. The molecule has 0 aliphatic carbocycles. The molecule has 7 heteroatoms. The summed E-state index contributed by atoms with van der Waals surface area (Å²) in [6.07, 6.45) is 1.03. The highest BCUT2D eigenvalue weighted by Gasteiger charge is 2.33. The van der Waals surface area contributed by atoms with Gasteiger partial charge in [-0.15, -0.1) is 0 Å². The Morgan fingerprint density at radius 3 is 2.32 bits per heavy atom. The van der Waals surface area contributed by atoms with Crippen LogP contribution < -0.4 is 4.74 Å². The molecule has 1 aliphatic rings. The highest BCUT2D eigenvalue weighted by molar-refractivity contribution is 7.89. The van der Waals surface area contributed by atoms with Crippen molar-refractivity contribution in [3.63, 3.8) is 0 Å². The minimum absolute atomic E-state index is 0.0453. The van der Waals surface area contributed by atoms with E-state index in [0.717, 1.165) is 6.42 Å². The van der Waals surface area contributed by atoms with Gasteiger partial charge in [-0.3, -0.25) is 0 Å². The van der Waals surface area contributed by atoms with Crippen molar-refractivity contribution < 1.29 is 13.2 Å². The third-order valence-electron chi connectivity index (χ3n) is 3.74. The van der Waals surface area contributed by atoms with Crippen LogP contribution in [-0.2, 0) is 10.0 Å². The molecule has 22 heavy (non-hydrogen) atoms. The van der Waals surface area contributed by atoms with Crippen LogP contribution in [0.15, 0.2) is 17.0 Å². The van der Waals surface area contributed by atoms with Gasteiger partial charge in [-0.1, -0.05) is 37.0 Å². The second-order valence-electron chi connectivity index (χ2n) is 5.91. The van der Waals surface area contributed by atoms with E-state index in [1.54, 1.807) is 0 Å². The van der Waals surface area contributed by atoms with Crippen LogP contribution in [0.25, 0.3) is 0 Å². The number of ether oxygens (including phenoxy) is 1. The Kier molecular flexibility index (Phi) is 5.64. The van der Waals surface area contributed by atoms with Crippen molar-refractivity contribution in [3.05, 3.63) is 22.2 Å². The molecule has 2 atom stereocenters. The molecule has 1 fully saturated rings. The van der Waals surface area contributed by atoms with Crippen LogP contribution in [0, 0.1) is 11.8 Å². The Morgan fingerprint density at radius 2 is 1.77 bits per heavy atom. The van der Waals surface area contributed by atoms with Gasteiger partial charge in [0.25, 0.3) is 0 Å². The highest BCUT2D eigenvalue weighted by atomic mass is 35.5. The Labute approximate surface area is 142 Å². The van der Waals surface area contributed by atoms with E-state index >= 15 is 0 Å². The number of sulfonamides is 1. The summed E-state index contributed by atoms with van der Waals surface area (Å²) in [7, 11) is -3.65. The Balaban J connectivity index is 2.39. The summed E-state index contributed by atoms with van der Waals surface area (Å²) >= 11 is 12.3. The lowest BCUT2D eigenvalue weighted by Crippen LogP contribution is -2.42. The number of hydrogen-bond acceptors (Lipinski definition) is 3. The fourth-order valence-corrected chi connectivity index (χ4v) is 5.40. The molecule has 0 spiro atoms. The lowest BCUT2D eigenvalue weighted by atomic mass is 9.94. The number of piperidine rings is 1. The second kappa shape index (κ2) is 6.95. The summed E-state index contributed by atoms with van der Waals surface area (Å²) in [6.45, 7) is 7.40. The number of halogens is 2. The molecule has 1 aromatic rings. The van der Waals surface area contributed by atoms with E-state index in [2.05, 4.69) is 13.8 Å². The molecular weight excluding hydrogens is 345 g/mol. The van der Waals surface area contributed by atoms with Gasteiger partial charge in [0.15, 0.2) is 0 Å². The predicted molar refractivity (Wildman–Crippen MR) is 89.3 cm³/mol. The third kappa shape index (κ3) is 3.70. The van der Waals surface area contributed by atoms with Gasteiger partial charge in [0, 0.05) is 19.2 Å². The van der Waals surface area contributed by atoms with Crippen molar-refractivity contribution >= 4 is 33.2 Å². The van der Waals surface area contributed by atoms with E-state index in [1.807, 2.05) is 6.92 Å². The van der Waals surface area contributed by atoms with E-state index in [0.29, 0.717) is 37.3 Å². The first-order valence-electron chi connectivity index (χ1n) is 7.37. The number of rotatable bonds is 4. The zero-order chi connectivity index (χ0) is 16.5. The first-order valence-corrected chi connectivity index (χ1v) is 9.57. The van der Waals surface area contributed by atoms with Gasteiger partial charge in [-0.05, 0) is 31.2 Å². The van der Waals surface area contributed by atoms with E-state index in [9.17, 15) is 8.42 Å². The average molecular weight is 366 g/mol. The van der Waals surface area contributed by atoms with Crippen LogP contribution >= 0.6 is 23.2 Å². The van der Waals surface area contributed by atoms with Crippen LogP contribution in [0.4, 0.5) is 0 Å². The molecule has 0 N–H and O–H groups in total. The van der Waals surface area contributed by atoms with Gasteiger partial charge < -0.3 is 4.74 Å². The minimum Gasteiger partial charge on any atom is -0.492 e. The zero-order valence-electron chi connectivity index (χ0n) is 13.0. The quantitative estimate of drug-likeness (QED) is 0.807. The number of nitrogens with zero attached hydrogens (tertiary/aromatic N) is 1. The minimum atomic E-state index is -3.65. The van der Waals surface area contributed by atoms with Crippen molar-refractivity contribution in [2.75, 3.05) is 19.7 Å². The van der Waals surface area contributed by atoms with Gasteiger partial charge in [0.05, 0.1) is 16.7 Å². The lowest BCUT2D eigenvalue weighted by Gasteiger charge is -2.34. The number of hydrogen-bond donors (Lipinski definition) is 0. The third-order valence-corrected chi connectivity index (χ3v) is 6.33. The molecule has 0 bridgehead atoms. The predicted octanol–water partition coefficient (Wildman–Crippen LogP) is 4.06. The van der Waals surface area contributed by atoms with Crippen molar-refractivity contribution in [3.8, 4) is 5.75 Å². The smallest absolute Gasteiger partial charge is 0.244 e. The first kappa shape index (κ1) is 17.9.